The number of amides is 1. The van der Waals surface area contributed by atoms with E-state index in [1.807, 2.05) is 14.0 Å². The summed E-state index contributed by atoms with van der Waals surface area (Å²) in [6.07, 6.45) is 5.38. The maximum Gasteiger partial charge on any atom is 0.254 e. The molecule has 2 aliphatic rings. The summed E-state index contributed by atoms with van der Waals surface area (Å²) in [4.78, 5) is 12.6. The van der Waals surface area contributed by atoms with Gasteiger partial charge in [0.15, 0.2) is 0 Å². The zero-order chi connectivity index (χ0) is 15.7. The second-order valence-corrected chi connectivity index (χ2v) is 6.77. The van der Waals surface area contributed by atoms with Crippen molar-refractivity contribution in [2.75, 3.05) is 13.1 Å². The van der Waals surface area contributed by atoms with Crippen molar-refractivity contribution < 1.29 is 9.90 Å². The Morgan fingerprint density at radius 2 is 2.09 bits per heavy atom. The molecule has 122 valence electrons. The third-order valence-electron chi connectivity index (χ3n) is 5.11. The number of hydrogen-bond donors (Lipinski definition) is 3. The lowest BCUT2D eigenvalue weighted by atomic mass is 9.71. The van der Waals surface area contributed by atoms with Crippen LogP contribution in [0.15, 0.2) is 6.20 Å². The highest BCUT2D eigenvalue weighted by Gasteiger charge is 2.39. The molecule has 2 fully saturated rings. The van der Waals surface area contributed by atoms with Gasteiger partial charge < -0.3 is 15.7 Å². The van der Waals surface area contributed by atoms with Crippen LogP contribution in [0.2, 0.25) is 0 Å². The number of aromatic nitrogens is 2. The molecule has 1 saturated heterocycles. The molecule has 0 bridgehead atoms. The quantitative estimate of drug-likeness (QED) is 0.761. The van der Waals surface area contributed by atoms with Crippen molar-refractivity contribution in [2.45, 2.75) is 44.8 Å². The molecular weight excluding hydrogens is 280 g/mol. The maximum absolute atomic E-state index is 12.6. The van der Waals surface area contributed by atoms with Gasteiger partial charge in [-0.15, -0.1) is 0 Å². The second-order valence-electron chi connectivity index (χ2n) is 6.77. The molecule has 2 heterocycles. The number of aliphatic hydroxyl groups is 1. The Balaban J connectivity index is 1.71. The Bertz CT molecular complexity index is 530. The summed E-state index contributed by atoms with van der Waals surface area (Å²) < 4.78 is 1.68. The van der Waals surface area contributed by atoms with Gasteiger partial charge in [-0.25, -0.2) is 0 Å². The summed E-state index contributed by atoms with van der Waals surface area (Å²) in [5.41, 5.74) is 1.42. The number of carbonyl (C=O) groups is 1. The lowest BCUT2D eigenvalue weighted by molar-refractivity contribution is 0.00918. The van der Waals surface area contributed by atoms with Crippen LogP contribution in [0.3, 0.4) is 0 Å². The normalized spacial score (nSPS) is 27.2. The fraction of sp³-hybridized carbons (Fsp3) is 0.750. The number of hydrogen-bond acceptors (Lipinski definition) is 4. The van der Waals surface area contributed by atoms with Crippen molar-refractivity contribution in [1.29, 1.82) is 0 Å². The van der Waals surface area contributed by atoms with E-state index in [0.717, 1.165) is 44.5 Å². The molecule has 0 unspecified atom stereocenters. The summed E-state index contributed by atoms with van der Waals surface area (Å²) in [6.45, 7) is 3.89. The summed E-state index contributed by atoms with van der Waals surface area (Å²) in [6, 6.07) is 0.164. The van der Waals surface area contributed by atoms with Crippen LogP contribution in [0, 0.1) is 18.8 Å². The minimum atomic E-state index is -0.189. The summed E-state index contributed by atoms with van der Waals surface area (Å²) in [7, 11) is 1.83. The third-order valence-corrected chi connectivity index (χ3v) is 5.11. The predicted octanol–water partition coefficient (Wildman–Crippen LogP) is 0.597. The lowest BCUT2D eigenvalue weighted by Gasteiger charge is -2.43. The molecule has 1 saturated carbocycles. The van der Waals surface area contributed by atoms with E-state index < -0.39 is 0 Å². The first-order valence-electron chi connectivity index (χ1n) is 8.24. The van der Waals surface area contributed by atoms with E-state index in [-0.39, 0.29) is 18.1 Å². The van der Waals surface area contributed by atoms with Gasteiger partial charge >= 0.3 is 0 Å². The van der Waals surface area contributed by atoms with E-state index in [1.54, 1.807) is 10.9 Å². The monoisotopic (exact) mass is 306 g/mol. The van der Waals surface area contributed by atoms with E-state index in [4.69, 9.17) is 0 Å². The van der Waals surface area contributed by atoms with Gasteiger partial charge in [-0.2, -0.15) is 5.10 Å². The summed E-state index contributed by atoms with van der Waals surface area (Å²) in [5, 5.41) is 20.5. The number of nitrogens with one attached hydrogen (secondary N) is 2. The van der Waals surface area contributed by atoms with Gasteiger partial charge in [0, 0.05) is 19.3 Å². The maximum atomic E-state index is 12.6. The molecular formula is C16H26N4O2. The predicted molar refractivity (Wildman–Crippen MR) is 83.5 cm³/mol. The van der Waals surface area contributed by atoms with Gasteiger partial charge in [-0.1, -0.05) is 0 Å². The van der Waals surface area contributed by atoms with Crippen molar-refractivity contribution >= 4 is 5.91 Å². The van der Waals surface area contributed by atoms with Crippen molar-refractivity contribution in [3.63, 3.8) is 0 Å². The van der Waals surface area contributed by atoms with E-state index in [9.17, 15) is 9.90 Å². The molecule has 6 nitrogen and oxygen atoms in total. The first-order valence-corrected chi connectivity index (χ1v) is 8.24. The highest BCUT2D eigenvalue weighted by atomic mass is 16.3. The largest absolute Gasteiger partial charge is 0.393 e. The summed E-state index contributed by atoms with van der Waals surface area (Å²) >= 11 is 0. The molecule has 1 aliphatic carbocycles. The van der Waals surface area contributed by atoms with Gasteiger partial charge in [0.2, 0.25) is 0 Å². The van der Waals surface area contributed by atoms with Crippen LogP contribution in [0.25, 0.3) is 0 Å². The molecule has 0 radical (unpaired) electrons. The fourth-order valence-corrected chi connectivity index (χ4v) is 3.80. The number of aryl methyl sites for hydroxylation is 2. The molecule has 1 aromatic rings. The Kier molecular flexibility index (Phi) is 4.49. The Morgan fingerprint density at radius 3 is 2.64 bits per heavy atom. The SMILES string of the molecule is Cc1nn(C)cc1C(=O)N[C@H](C1CCNCC1)C1CC(O)C1. The Hall–Kier alpha value is -1.40. The number of aliphatic hydroxyl groups excluding tert-OH is 1. The fourth-order valence-electron chi connectivity index (χ4n) is 3.80. The van der Waals surface area contributed by atoms with Gasteiger partial charge in [0.1, 0.15) is 0 Å². The average Bonchev–Trinajstić information content (AvgIpc) is 2.81. The van der Waals surface area contributed by atoms with Crippen molar-refractivity contribution in [3.8, 4) is 0 Å². The van der Waals surface area contributed by atoms with Gasteiger partial charge in [0.05, 0.1) is 17.4 Å². The number of carbonyl (C=O) groups excluding carboxylic acids is 1. The smallest absolute Gasteiger partial charge is 0.254 e. The zero-order valence-corrected chi connectivity index (χ0v) is 13.4. The molecule has 1 aromatic heterocycles. The van der Waals surface area contributed by atoms with E-state index in [0.29, 0.717) is 17.4 Å². The Labute approximate surface area is 131 Å². The van der Waals surface area contributed by atoms with Crippen LogP contribution >= 0.6 is 0 Å². The highest BCUT2D eigenvalue weighted by molar-refractivity contribution is 5.95. The van der Waals surface area contributed by atoms with Crippen molar-refractivity contribution in [2.24, 2.45) is 18.9 Å². The minimum Gasteiger partial charge on any atom is -0.393 e. The minimum absolute atomic E-state index is 0.0319. The van der Waals surface area contributed by atoms with Crippen molar-refractivity contribution in [3.05, 3.63) is 17.5 Å². The molecule has 0 aromatic carbocycles. The van der Waals surface area contributed by atoms with Gasteiger partial charge in [-0.05, 0) is 57.5 Å². The zero-order valence-electron chi connectivity index (χ0n) is 13.4. The van der Waals surface area contributed by atoms with Crippen LogP contribution < -0.4 is 10.6 Å². The number of piperidine rings is 1. The highest BCUT2D eigenvalue weighted by Crippen LogP contribution is 2.35. The number of nitrogens with zero attached hydrogens (tertiary/aromatic N) is 2. The lowest BCUT2D eigenvalue weighted by Crippen LogP contribution is -2.52. The summed E-state index contributed by atoms with van der Waals surface area (Å²) in [5.74, 6) is 0.870. The van der Waals surface area contributed by atoms with Crippen LogP contribution in [-0.4, -0.2) is 46.0 Å². The topological polar surface area (TPSA) is 79.2 Å². The molecule has 1 aliphatic heterocycles. The van der Waals surface area contributed by atoms with Crippen LogP contribution in [0.5, 0.6) is 0 Å². The van der Waals surface area contributed by atoms with Crippen LogP contribution in [-0.2, 0) is 7.05 Å². The van der Waals surface area contributed by atoms with E-state index in [2.05, 4.69) is 15.7 Å². The standard InChI is InChI=1S/C16H26N4O2/c1-10-14(9-20(2)19-10)16(22)18-15(12-7-13(21)8-12)11-3-5-17-6-4-11/h9,11-13,15,17,21H,3-8H2,1-2H3,(H,18,22)/t12?,13?,15-/m1/s1. The molecule has 3 rings (SSSR count). The first kappa shape index (κ1) is 15.5. The van der Waals surface area contributed by atoms with Gasteiger partial charge in [-0.3, -0.25) is 9.48 Å². The van der Waals surface area contributed by atoms with Gasteiger partial charge in [0.25, 0.3) is 5.91 Å². The molecule has 3 N–H and O–H groups in total. The van der Waals surface area contributed by atoms with Crippen LogP contribution in [0.4, 0.5) is 0 Å². The first-order chi connectivity index (χ1) is 10.5. The van der Waals surface area contributed by atoms with E-state index >= 15 is 0 Å². The van der Waals surface area contributed by atoms with Crippen LogP contribution in [0.1, 0.15) is 41.7 Å². The van der Waals surface area contributed by atoms with Crippen molar-refractivity contribution in [1.82, 2.24) is 20.4 Å². The molecule has 1 amide bonds. The Morgan fingerprint density at radius 1 is 1.41 bits per heavy atom. The van der Waals surface area contributed by atoms with E-state index in [1.165, 1.54) is 0 Å². The molecule has 0 spiro atoms. The second kappa shape index (κ2) is 6.38. The average molecular weight is 306 g/mol. The number of rotatable bonds is 4. The molecule has 6 heteroatoms. The third kappa shape index (κ3) is 3.17. The molecule has 22 heavy (non-hydrogen) atoms. The molecule has 1 atom stereocenters.